The van der Waals surface area contributed by atoms with Crippen molar-refractivity contribution in [3.05, 3.63) is 125 Å². The lowest BCUT2D eigenvalue weighted by Gasteiger charge is -2.19. The van der Waals surface area contributed by atoms with Gasteiger partial charge in [0, 0.05) is 24.7 Å². The predicted molar refractivity (Wildman–Crippen MR) is 123 cm³/mol. The minimum absolute atomic E-state index is 0.109. The van der Waals surface area contributed by atoms with Crippen LogP contribution in [0.1, 0.15) is 39.6 Å². The first kappa shape index (κ1) is 26.1. The number of halogens is 6. The molecule has 0 aliphatic heterocycles. The van der Waals surface area contributed by atoms with E-state index in [0.29, 0.717) is 0 Å². The van der Waals surface area contributed by atoms with Crippen LogP contribution in [0.2, 0.25) is 6.32 Å². The highest BCUT2D eigenvalue weighted by Gasteiger charge is 2.32. The van der Waals surface area contributed by atoms with E-state index in [1.54, 1.807) is 6.20 Å². The Bertz CT molecular complexity index is 1130. The van der Waals surface area contributed by atoms with Crippen molar-refractivity contribution in [3.63, 3.8) is 0 Å². The summed E-state index contributed by atoms with van der Waals surface area (Å²) in [6, 6.07) is 19.2. The van der Waals surface area contributed by atoms with E-state index in [4.69, 9.17) is 7.85 Å². The van der Waals surface area contributed by atoms with Gasteiger partial charge in [0.25, 0.3) is 0 Å². The van der Waals surface area contributed by atoms with Gasteiger partial charge in [-0.25, -0.2) is 4.98 Å². The normalized spacial score (nSPS) is 11.7. The summed E-state index contributed by atoms with van der Waals surface area (Å²) in [5.74, 6) is 0.265. The van der Waals surface area contributed by atoms with E-state index in [9.17, 15) is 26.3 Å². The topological polar surface area (TPSA) is 28.7 Å². The number of imidazole rings is 1. The number of rotatable bonds is 5. The summed E-state index contributed by atoms with van der Waals surface area (Å²) in [6.07, 6.45) is -4.65. The van der Waals surface area contributed by atoms with Crippen LogP contribution in [0.4, 0.5) is 26.3 Å². The Morgan fingerprint density at radius 1 is 0.743 bits per heavy atom. The van der Waals surface area contributed by atoms with Crippen LogP contribution in [0.15, 0.2) is 91.3 Å². The number of alkyl halides is 6. The summed E-state index contributed by atoms with van der Waals surface area (Å²) < 4.78 is 76.7. The Hall–Kier alpha value is -3.49. The molecule has 35 heavy (non-hydrogen) atoms. The third-order valence-corrected chi connectivity index (χ3v) is 5.24. The molecule has 180 valence electrons. The number of hydrogen-bond acceptors (Lipinski definition) is 1. The number of aromatic nitrogens is 2. The van der Waals surface area contributed by atoms with E-state index in [0.717, 1.165) is 36.5 Å². The summed E-state index contributed by atoms with van der Waals surface area (Å²) in [7, 11) is 5.59. The van der Waals surface area contributed by atoms with Crippen molar-refractivity contribution >= 4 is 7.85 Å². The molecule has 0 saturated carbocycles. The van der Waals surface area contributed by atoms with Crippen molar-refractivity contribution in [1.29, 1.82) is 0 Å². The van der Waals surface area contributed by atoms with Gasteiger partial charge in [-0.2, -0.15) is 26.3 Å². The van der Waals surface area contributed by atoms with Crippen LogP contribution in [0, 0.1) is 0 Å². The third-order valence-electron chi connectivity index (χ3n) is 5.24. The molecule has 0 amide bonds. The summed E-state index contributed by atoms with van der Waals surface area (Å²) in [5.41, 5.74) is 0.0107. The standard InChI is InChI=1S/C16H11BF6.C10H10N2/c17-9-14(10-3-1-5-12(7-10)15(18,19)20)11-4-2-6-13(8-11)16(21,22)23;1-2-4-9(5-3-1)8-10-11-6-7-12-10/h1-8,14H,9H2;1-7H,8H2,(H,11,12). The second kappa shape index (κ2) is 11.3. The number of benzene rings is 3. The van der Waals surface area contributed by atoms with Crippen molar-refractivity contribution in [2.45, 2.75) is 31.0 Å². The lowest BCUT2D eigenvalue weighted by atomic mass is 9.80. The Morgan fingerprint density at radius 3 is 1.71 bits per heavy atom. The van der Waals surface area contributed by atoms with Gasteiger partial charge in [0.2, 0.25) is 0 Å². The van der Waals surface area contributed by atoms with Crippen molar-refractivity contribution in [1.82, 2.24) is 9.97 Å². The van der Waals surface area contributed by atoms with Crippen LogP contribution in [0.25, 0.3) is 0 Å². The fraction of sp³-hybridized carbons (Fsp3) is 0.192. The van der Waals surface area contributed by atoms with Crippen LogP contribution in [-0.2, 0) is 18.8 Å². The zero-order valence-corrected chi connectivity index (χ0v) is 18.4. The first-order chi connectivity index (χ1) is 16.6. The maximum atomic E-state index is 12.8. The average Bonchev–Trinajstić information content (AvgIpc) is 3.33. The molecule has 1 heterocycles. The summed E-state index contributed by atoms with van der Waals surface area (Å²) in [4.78, 5) is 7.23. The predicted octanol–water partition coefficient (Wildman–Crippen LogP) is 7.44. The highest BCUT2D eigenvalue weighted by atomic mass is 19.4. The van der Waals surface area contributed by atoms with E-state index < -0.39 is 29.4 Å². The van der Waals surface area contributed by atoms with Gasteiger partial charge < -0.3 is 4.98 Å². The molecule has 9 heteroatoms. The fourth-order valence-corrected chi connectivity index (χ4v) is 3.51. The maximum absolute atomic E-state index is 12.8. The van der Waals surface area contributed by atoms with E-state index in [-0.39, 0.29) is 17.4 Å². The molecule has 0 aliphatic carbocycles. The number of hydrogen-bond donors (Lipinski definition) is 1. The Labute approximate surface area is 200 Å². The molecule has 1 N–H and O–H groups in total. The van der Waals surface area contributed by atoms with E-state index >= 15 is 0 Å². The number of H-pyrrole nitrogens is 1. The smallest absolute Gasteiger partial charge is 0.348 e. The van der Waals surface area contributed by atoms with Crippen LogP contribution in [-0.4, -0.2) is 17.8 Å². The van der Waals surface area contributed by atoms with Gasteiger partial charge in [0.15, 0.2) is 0 Å². The Balaban J connectivity index is 0.000000237. The van der Waals surface area contributed by atoms with Crippen molar-refractivity contribution in [3.8, 4) is 0 Å². The van der Waals surface area contributed by atoms with E-state index in [1.807, 2.05) is 24.4 Å². The second-order valence-electron chi connectivity index (χ2n) is 7.73. The van der Waals surface area contributed by atoms with Crippen molar-refractivity contribution < 1.29 is 26.3 Å². The molecule has 0 spiro atoms. The average molecular weight is 486 g/mol. The lowest BCUT2D eigenvalue weighted by molar-refractivity contribution is -0.138. The molecule has 0 saturated heterocycles. The Morgan fingerprint density at radius 2 is 1.29 bits per heavy atom. The second-order valence-corrected chi connectivity index (χ2v) is 7.73. The van der Waals surface area contributed by atoms with Crippen molar-refractivity contribution in [2.75, 3.05) is 0 Å². The minimum Gasteiger partial charge on any atom is -0.348 e. The molecular formula is C26H21BF6N2. The molecule has 4 aromatic rings. The molecule has 3 aromatic carbocycles. The van der Waals surface area contributed by atoms with E-state index in [1.165, 1.54) is 29.8 Å². The highest BCUT2D eigenvalue weighted by molar-refractivity contribution is 6.09. The SMILES string of the molecule is [B]CC(c1cccc(C(F)(F)F)c1)c1cccc(C(F)(F)F)c1.c1ccc(Cc2ncc[nH]2)cc1. The molecular weight excluding hydrogens is 465 g/mol. The molecule has 0 unspecified atom stereocenters. The molecule has 0 fully saturated rings. The molecule has 2 nitrogen and oxygen atoms in total. The van der Waals surface area contributed by atoms with Gasteiger partial charge in [-0.05, 0) is 28.8 Å². The summed E-state index contributed by atoms with van der Waals surface area (Å²) in [5, 5.41) is 0. The highest BCUT2D eigenvalue weighted by Crippen LogP contribution is 2.36. The quantitative estimate of drug-likeness (QED) is 0.231. The molecule has 0 atom stereocenters. The van der Waals surface area contributed by atoms with E-state index in [2.05, 4.69) is 22.1 Å². The van der Waals surface area contributed by atoms with Crippen LogP contribution < -0.4 is 0 Å². The van der Waals surface area contributed by atoms with Gasteiger partial charge in [-0.3, -0.25) is 0 Å². The lowest BCUT2D eigenvalue weighted by Crippen LogP contribution is -2.09. The number of nitrogens with one attached hydrogen (secondary N) is 1. The first-order valence-corrected chi connectivity index (χ1v) is 10.6. The minimum atomic E-state index is -4.52. The summed E-state index contributed by atoms with van der Waals surface area (Å²) >= 11 is 0. The van der Waals surface area contributed by atoms with Gasteiger partial charge >= 0.3 is 12.4 Å². The molecule has 2 radical (unpaired) electrons. The molecule has 0 bridgehead atoms. The molecule has 0 aliphatic rings. The number of aromatic amines is 1. The van der Waals surface area contributed by atoms with Gasteiger partial charge in [-0.15, -0.1) is 0 Å². The largest absolute Gasteiger partial charge is 0.416 e. The third kappa shape index (κ3) is 7.50. The van der Waals surface area contributed by atoms with Crippen LogP contribution >= 0.6 is 0 Å². The molecule has 4 rings (SSSR count). The maximum Gasteiger partial charge on any atom is 0.416 e. The zero-order valence-electron chi connectivity index (χ0n) is 18.4. The summed E-state index contributed by atoms with van der Waals surface area (Å²) in [6.45, 7) is 0. The van der Waals surface area contributed by atoms with Gasteiger partial charge in [0.05, 0.1) is 19.0 Å². The first-order valence-electron chi connectivity index (χ1n) is 10.6. The fourth-order valence-electron chi connectivity index (χ4n) is 3.51. The van der Waals surface area contributed by atoms with Crippen molar-refractivity contribution in [2.24, 2.45) is 0 Å². The number of nitrogens with zero attached hydrogens (tertiary/aromatic N) is 1. The zero-order chi connectivity index (χ0) is 25.5. The Kier molecular flexibility index (Phi) is 8.43. The monoisotopic (exact) mass is 486 g/mol. The van der Waals surface area contributed by atoms with Gasteiger partial charge in [0.1, 0.15) is 5.82 Å². The van der Waals surface area contributed by atoms with Gasteiger partial charge in [-0.1, -0.05) is 73.1 Å². The van der Waals surface area contributed by atoms with Crippen LogP contribution in [0.3, 0.4) is 0 Å². The molecule has 1 aromatic heterocycles. The van der Waals surface area contributed by atoms with Crippen LogP contribution in [0.5, 0.6) is 0 Å².